The van der Waals surface area contributed by atoms with Gasteiger partial charge in [-0.25, -0.2) is 9.59 Å². The lowest BCUT2D eigenvalue weighted by molar-refractivity contribution is -0.178. The Bertz CT molecular complexity index is 354. The summed E-state index contributed by atoms with van der Waals surface area (Å²) in [4.78, 5) is 22.3. The fraction of sp³-hybridized carbons (Fsp3) is 0.857. The molecule has 0 aromatic heterocycles. The van der Waals surface area contributed by atoms with Crippen molar-refractivity contribution < 1.29 is 29.6 Å². The minimum Gasteiger partial charge on any atom is -0.479 e. The van der Waals surface area contributed by atoms with E-state index in [1.54, 1.807) is 0 Å². The Morgan fingerprint density at radius 2 is 1.75 bits per heavy atom. The van der Waals surface area contributed by atoms with Gasteiger partial charge in [-0.2, -0.15) is 0 Å². The minimum atomic E-state index is -2.15. The lowest BCUT2D eigenvalue weighted by atomic mass is 9.75. The zero-order chi connectivity index (χ0) is 15.4. The number of ether oxygens (including phenoxy) is 1. The summed E-state index contributed by atoms with van der Waals surface area (Å²) in [6, 6.07) is 0. The van der Waals surface area contributed by atoms with Crippen LogP contribution in [0.5, 0.6) is 0 Å². The van der Waals surface area contributed by atoms with E-state index in [1.807, 2.05) is 13.8 Å². The van der Waals surface area contributed by atoms with E-state index in [-0.39, 0.29) is 12.0 Å². The molecule has 1 aliphatic carbocycles. The van der Waals surface area contributed by atoms with Crippen molar-refractivity contribution in [2.45, 2.75) is 58.3 Å². The second kappa shape index (κ2) is 7.04. The molecule has 1 rings (SSSR count). The third-order valence-corrected chi connectivity index (χ3v) is 4.02. The van der Waals surface area contributed by atoms with Gasteiger partial charge in [-0.15, -0.1) is 0 Å². The van der Waals surface area contributed by atoms with Gasteiger partial charge in [0.1, 0.15) is 6.10 Å². The van der Waals surface area contributed by atoms with Crippen molar-refractivity contribution in [2.75, 3.05) is 0 Å². The van der Waals surface area contributed by atoms with Gasteiger partial charge in [0.2, 0.25) is 0 Å². The molecule has 6 nitrogen and oxygen atoms in total. The molecule has 20 heavy (non-hydrogen) atoms. The van der Waals surface area contributed by atoms with Gasteiger partial charge in [0.15, 0.2) is 12.2 Å². The second-order valence-electron chi connectivity index (χ2n) is 6.03. The summed E-state index contributed by atoms with van der Waals surface area (Å²) < 4.78 is 5.26. The number of aliphatic hydroxyl groups excluding tert-OH is 2. The SMILES string of the molecule is CC1CCC(C(C)C)C(OC(=O)[C@@H](O)[C@H](O)C(=O)O)C1. The van der Waals surface area contributed by atoms with Crippen molar-refractivity contribution >= 4 is 11.9 Å². The lowest BCUT2D eigenvalue weighted by Gasteiger charge is -2.37. The van der Waals surface area contributed by atoms with Crippen LogP contribution in [-0.2, 0) is 14.3 Å². The molecule has 0 aromatic carbocycles. The number of esters is 1. The molecule has 0 saturated heterocycles. The first-order valence-electron chi connectivity index (χ1n) is 7.03. The molecule has 0 spiro atoms. The van der Waals surface area contributed by atoms with Gasteiger partial charge in [-0.3, -0.25) is 0 Å². The summed E-state index contributed by atoms with van der Waals surface area (Å²) in [5.41, 5.74) is 0. The Balaban J connectivity index is 2.68. The maximum atomic E-state index is 11.7. The molecule has 1 saturated carbocycles. The van der Waals surface area contributed by atoms with Crippen molar-refractivity contribution in [1.29, 1.82) is 0 Å². The van der Waals surface area contributed by atoms with Crippen LogP contribution < -0.4 is 0 Å². The summed E-state index contributed by atoms with van der Waals surface area (Å²) in [5, 5.41) is 27.2. The van der Waals surface area contributed by atoms with Crippen LogP contribution >= 0.6 is 0 Å². The first-order valence-corrected chi connectivity index (χ1v) is 7.03. The maximum Gasteiger partial charge on any atom is 0.338 e. The quantitative estimate of drug-likeness (QED) is 0.646. The van der Waals surface area contributed by atoms with Gasteiger partial charge in [-0.05, 0) is 30.6 Å². The highest BCUT2D eigenvalue weighted by molar-refractivity contribution is 5.84. The standard InChI is InChI=1S/C14H24O6/c1-7(2)9-5-4-8(3)6-10(9)20-14(19)12(16)11(15)13(17)18/h7-12,15-16H,4-6H2,1-3H3,(H,17,18)/t8?,9?,10?,11-,12-/m0/s1. The van der Waals surface area contributed by atoms with E-state index in [0.29, 0.717) is 18.3 Å². The molecule has 1 fully saturated rings. The Hall–Kier alpha value is -1.14. The Kier molecular flexibility index (Phi) is 5.95. The van der Waals surface area contributed by atoms with E-state index in [0.717, 1.165) is 12.8 Å². The molecule has 0 heterocycles. The fourth-order valence-corrected chi connectivity index (χ4v) is 2.73. The van der Waals surface area contributed by atoms with Gasteiger partial charge in [0.05, 0.1) is 0 Å². The summed E-state index contributed by atoms with van der Waals surface area (Å²) in [6.45, 7) is 6.16. The molecule has 6 heteroatoms. The van der Waals surface area contributed by atoms with Gasteiger partial charge in [0.25, 0.3) is 0 Å². The average Bonchev–Trinajstić information content (AvgIpc) is 2.36. The second-order valence-corrected chi connectivity index (χ2v) is 6.03. The third kappa shape index (κ3) is 4.18. The van der Waals surface area contributed by atoms with Crippen molar-refractivity contribution in [1.82, 2.24) is 0 Å². The molecule has 0 bridgehead atoms. The number of carbonyl (C=O) groups excluding carboxylic acids is 1. The first-order chi connectivity index (χ1) is 9.23. The van der Waals surface area contributed by atoms with E-state index < -0.39 is 24.1 Å². The molecule has 3 N–H and O–H groups in total. The van der Waals surface area contributed by atoms with Gasteiger partial charge >= 0.3 is 11.9 Å². The molecule has 0 aliphatic heterocycles. The van der Waals surface area contributed by atoms with Crippen molar-refractivity contribution in [3.05, 3.63) is 0 Å². The Morgan fingerprint density at radius 3 is 2.25 bits per heavy atom. The van der Waals surface area contributed by atoms with E-state index in [2.05, 4.69) is 6.92 Å². The average molecular weight is 288 g/mol. The van der Waals surface area contributed by atoms with Crippen LogP contribution in [0.25, 0.3) is 0 Å². The molecular formula is C14H24O6. The Labute approximate surface area is 118 Å². The molecule has 0 aromatic rings. The molecule has 116 valence electrons. The van der Waals surface area contributed by atoms with Crippen LogP contribution in [0.15, 0.2) is 0 Å². The first kappa shape index (κ1) is 16.9. The number of hydrogen-bond acceptors (Lipinski definition) is 5. The van der Waals surface area contributed by atoms with Crippen molar-refractivity contribution in [3.8, 4) is 0 Å². The number of carboxylic acid groups (broad SMARTS) is 1. The van der Waals surface area contributed by atoms with Gasteiger partial charge in [-0.1, -0.05) is 27.2 Å². The summed E-state index contributed by atoms with van der Waals surface area (Å²) in [5.74, 6) is -1.76. The number of hydrogen-bond donors (Lipinski definition) is 3. The van der Waals surface area contributed by atoms with Crippen molar-refractivity contribution in [2.24, 2.45) is 17.8 Å². The Morgan fingerprint density at radius 1 is 1.15 bits per heavy atom. The molecular weight excluding hydrogens is 264 g/mol. The monoisotopic (exact) mass is 288 g/mol. The van der Waals surface area contributed by atoms with Crippen LogP contribution in [0, 0.1) is 17.8 Å². The largest absolute Gasteiger partial charge is 0.479 e. The highest BCUT2D eigenvalue weighted by Crippen LogP contribution is 2.35. The number of carboxylic acids is 1. The van der Waals surface area contributed by atoms with E-state index in [4.69, 9.17) is 9.84 Å². The van der Waals surface area contributed by atoms with Gasteiger partial charge in [0, 0.05) is 0 Å². The number of carbonyl (C=O) groups is 2. The zero-order valence-corrected chi connectivity index (χ0v) is 12.2. The van der Waals surface area contributed by atoms with Crippen LogP contribution in [0.2, 0.25) is 0 Å². The molecule has 5 atom stereocenters. The lowest BCUT2D eigenvalue weighted by Crippen LogP contribution is -2.44. The molecule has 0 amide bonds. The number of rotatable bonds is 5. The smallest absolute Gasteiger partial charge is 0.338 e. The summed E-state index contributed by atoms with van der Waals surface area (Å²) in [6.07, 6.45) is -1.82. The van der Waals surface area contributed by atoms with E-state index in [9.17, 15) is 19.8 Å². The highest BCUT2D eigenvalue weighted by atomic mass is 16.6. The molecule has 1 aliphatic rings. The predicted molar refractivity (Wildman–Crippen MR) is 70.9 cm³/mol. The van der Waals surface area contributed by atoms with Crippen molar-refractivity contribution in [3.63, 3.8) is 0 Å². The molecule has 0 radical (unpaired) electrons. The van der Waals surface area contributed by atoms with E-state index in [1.165, 1.54) is 0 Å². The highest BCUT2D eigenvalue weighted by Gasteiger charge is 2.37. The third-order valence-electron chi connectivity index (χ3n) is 4.02. The van der Waals surface area contributed by atoms with Gasteiger partial charge < -0.3 is 20.1 Å². The van der Waals surface area contributed by atoms with Crippen LogP contribution in [0.4, 0.5) is 0 Å². The topological polar surface area (TPSA) is 104 Å². The summed E-state index contributed by atoms with van der Waals surface area (Å²) in [7, 11) is 0. The fourth-order valence-electron chi connectivity index (χ4n) is 2.73. The number of aliphatic hydroxyl groups is 2. The summed E-state index contributed by atoms with van der Waals surface area (Å²) >= 11 is 0. The predicted octanol–water partition coefficient (Wildman–Crippen LogP) is 0.797. The van der Waals surface area contributed by atoms with Crippen LogP contribution in [0.1, 0.15) is 40.0 Å². The van der Waals surface area contributed by atoms with Crippen LogP contribution in [-0.4, -0.2) is 45.6 Å². The zero-order valence-electron chi connectivity index (χ0n) is 12.2. The number of aliphatic carboxylic acids is 1. The normalized spacial score (nSPS) is 29.8. The van der Waals surface area contributed by atoms with Crippen LogP contribution in [0.3, 0.4) is 0 Å². The maximum absolute atomic E-state index is 11.7. The van der Waals surface area contributed by atoms with E-state index >= 15 is 0 Å². The minimum absolute atomic E-state index is 0.198. The molecule has 3 unspecified atom stereocenters.